The van der Waals surface area contributed by atoms with Gasteiger partial charge in [0.25, 0.3) is 0 Å². The highest BCUT2D eigenvalue weighted by Gasteiger charge is 2.10. The molecule has 0 aromatic heterocycles. The number of carbonyl (C=O) groups excluding carboxylic acids is 1. The fraction of sp³-hybridized carbons (Fsp3) is 0.111. The van der Waals surface area contributed by atoms with Gasteiger partial charge in [-0.2, -0.15) is 5.26 Å². The van der Waals surface area contributed by atoms with Gasteiger partial charge in [0.2, 0.25) is 0 Å². The third-order valence-corrected chi connectivity index (χ3v) is 2.84. The lowest BCUT2D eigenvalue weighted by atomic mass is 10.1. The van der Waals surface area contributed by atoms with Crippen LogP contribution in [0.25, 0.3) is 0 Å². The van der Waals surface area contributed by atoms with Crippen LogP contribution in [0.3, 0.4) is 0 Å². The standard InChI is InChI=1S/C9H7IN2O/c1-5(13)7-3-2-6(4-11)9(12)8(7)10/h2-3H,12H2,1H3. The van der Waals surface area contributed by atoms with Gasteiger partial charge in [-0.25, -0.2) is 0 Å². The Morgan fingerprint density at radius 3 is 2.69 bits per heavy atom. The number of nitrogens with two attached hydrogens (primary N) is 1. The first-order chi connectivity index (χ1) is 6.07. The van der Waals surface area contributed by atoms with Crippen LogP contribution in [0.15, 0.2) is 12.1 Å². The molecule has 0 spiro atoms. The van der Waals surface area contributed by atoms with E-state index in [1.54, 1.807) is 12.1 Å². The molecule has 1 aromatic rings. The number of Topliss-reactive ketones (excluding diaryl/α,β-unsaturated/α-hetero) is 1. The fourth-order valence-electron chi connectivity index (χ4n) is 0.962. The van der Waals surface area contributed by atoms with Crippen molar-refractivity contribution in [2.75, 3.05) is 5.73 Å². The van der Waals surface area contributed by atoms with Crippen LogP contribution in [0.1, 0.15) is 22.8 Å². The smallest absolute Gasteiger partial charge is 0.160 e. The Hall–Kier alpha value is -1.09. The number of rotatable bonds is 1. The molecule has 13 heavy (non-hydrogen) atoms. The number of carbonyl (C=O) groups is 1. The zero-order chi connectivity index (χ0) is 10.0. The van der Waals surface area contributed by atoms with E-state index in [-0.39, 0.29) is 5.78 Å². The quantitative estimate of drug-likeness (QED) is 0.487. The van der Waals surface area contributed by atoms with Crippen LogP contribution in [-0.2, 0) is 0 Å². The van der Waals surface area contributed by atoms with Gasteiger partial charge in [0.05, 0.1) is 11.3 Å². The third kappa shape index (κ3) is 1.80. The molecule has 4 heteroatoms. The minimum atomic E-state index is -0.0411. The van der Waals surface area contributed by atoms with Gasteiger partial charge in [-0.3, -0.25) is 4.79 Å². The van der Waals surface area contributed by atoms with Crippen molar-refractivity contribution >= 4 is 34.1 Å². The van der Waals surface area contributed by atoms with Crippen molar-refractivity contribution in [1.29, 1.82) is 5.26 Å². The first kappa shape index (κ1) is 9.99. The van der Waals surface area contributed by atoms with Crippen molar-refractivity contribution in [2.24, 2.45) is 0 Å². The highest BCUT2D eigenvalue weighted by molar-refractivity contribution is 14.1. The number of anilines is 1. The minimum Gasteiger partial charge on any atom is -0.397 e. The summed E-state index contributed by atoms with van der Waals surface area (Å²) in [7, 11) is 0. The summed E-state index contributed by atoms with van der Waals surface area (Å²) in [5.41, 5.74) is 7.01. The first-order valence-electron chi connectivity index (χ1n) is 3.57. The molecule has 0 amide bonds. The maximum Gasteiger partial charge on any atom is 0.160 e. The van der Waals surface area contributed by atoms with Gasteiger partial charge in [0, 0.05) is 9.13 Å². The Morgan fingerprint density at radius 1 is 1.62 bits per heavy atom. The zero-order valence-electron chi connectivity index (χ0n) is 6.97. The molecule has 0 aliphatic heterocycles. The first-order valence-corrected chi connectivity index (χ1v) is 4.64. The van der Waals surface area contributed by atoms with E-state index < -0.39 is 0 Å². The van der Waals surface area contributed by atoms with E-state index in [1.165, 1.54) is 6.92 Å². The highest BCUT2D eigenvalue weighted by Crippen LogP contribution is 2.23. The van der Waals surface area contributed by atoms with Crippen molar-refractivity contribution in [3.8, 4) is 6.07 Å². The SMILES string of the molecule is CC(=O)c1ccc(C#N)c(N)c1I. The zero-order valence-corrected chi connectivity index (χ0v) is 9.12. The van der Waals surface area contributed by atoms with Crippen LogP contribution in [0.4, 0.5) is 5.69 Å². The van der Waals surface area contributed by atoms with E-state index in [4.69, 9.17) is 11.0 Å². The summed E-state index contributed by atoms with van der Waals surface area (Å²) in [5, 5.41) is 8.65. The molecule has 0 bridgehead atoms. The maximum atomic E-state index is 11.1. The van der Waals surface area contributed by atoms with Gasteiger partial charge in [-0.15, -0.1) is 0 Å². The number of hydrogen-bond acceptors (Lipinski definition) is 3. The Labute approximate surface area is 89.7 Å². The summed E-state index contributed by atoms with van der Waals surface area (Å²) in [6.45, 7) is 1.48. The summed E-state index contributed by atoms with van der Waals surface area (Å²) >= 11 is 1.97. The van der Waals surface area contributed by atoms with Crippen molar-refractivity contribution in [3.63, 3.8) is 0 Å². The lowest BCUT2D eigenvalue weighted by Crippen LogP contribution is -2.02. The Bertz CT molecular complexity index is 407. The molecule has 66 valence electrons. The van der Waals surface area contributed by atoms with Crippen molar-refractivity contribution in [2.45, 2.75) is 6.92 Å². The molecule has 0 aliphatic rings. The van der Waals surface area contributed by atoms with Gasteiger partial charge in [-0.1, -0.05) is 0 Å². The van der Waals surface area contributed by atoms with Gasteiger partial charge < -0.3 is 5.73 Å². The normalized spacial score (nSPS) is 9.31. The second-order valence-corrected chi connectivity index (χ2v) is 3.64. The number of ketones is 1. The maximum absolute atomic E-state index is 11.1. The van der Waals surface area contributed by atoms with Gasteiger partial charge in [0.1, 0.15) is 6.07 Å². The van der Waals surface area contributed by atoms with Crippen LogP contribution >= 0.6 is 22.6 Å². The molecule has 0 fully saturated rings. The summed E-state index contributed by atoms with van der Waals surface area (Å²) in [4.78, 5) is 11.1. The topological polar surface area (TPSA) is 66.9 Å². The molecule has 0 heterocycles. The molecule has 2 N–H and O–H groups in total. The predicted octanol–water partition coefficient (Wildman–Crippen LogP) is 1.95. The van der Waals surface area contributed by atoms with Crippen molar-refractivity contribution < 1.29 is 4.79 Å². The van der Waals surface area contributed by atoms with Crippen LogP contribution in [0.2, 0.25) is 0 Å². The summed E-state index contributed by atoms with van der Waals surface area (Å²) < 4.78 is 0.657. The molecule has 0 aliphatic carbocycles. The van der Waals surface area contributed by atoms with Crippen molar-refractivity contribution in [3.05, 3.63) is 26.8 Å². The third-order valence-electron chi connectivity index (χ3n) is 1.68. The van der Waals surface area contributed by atoms with E-state index in [0.717, 1.165) is 0 Å². The average Bonchev–Trinajstić information content (AvgIpc) is 2.09. The Kier molecular flexibility index (Phi) is 2.88. The predicted molar refractivity (Wildman–Crippen MR) is 58.3 cm³/mol. The summed E-state index contributed by atoms with van der Waals surface area (Å²) in [6.07, 6.45) is 0. The molecule has 0 unspecified atom stereocenters. The molecule has 1 aromatic carbocycles. The molecule has 3 nitrogen and oxygen atoms in total. The molecule has 0 atom stereocenters. The lowest BCUT2D eigenvalue weighted by Gasteiger charge is -2.04. The number of benzene rings is 1. The van der Waals surface area contributed by atoms with Gasteiger partial charge in [-0.05, 0) is 41.6 Å². The van der Waals surface area contributed by atoms with E-state index in [9.17, 15) is 4.79 Å². The monoisotopic (exact) mass is 286 g/mol. The second-order valence-electron chi connectivity index (χ2n) is 2.56. The van der Waals surface area contributed by atoms with Crippen LogP contribution in [0.5, 0.6) is 0 Å². The molecule has 1 rings (SSSR count). The number of halogens is 1. The summed E-state index contributed by atoms with van der Waals surface area (Å²) in [5.74, 6) is -0.0411. The minimum absolute atomic E-state index is 0.0411. The highest BCUT2D eigenvalue weighted by atomic mass is 127. The Morgan fingerprint density at radius 2 is 2.23 bits per heavy atom. The number of hydrogen-bond donors (Lipinski definition) is 1. The van der Waals surface area contributed by atoms with Crippen LogP contribution < -0.4 is 5.73 Å². The van der Waals surface area contributed by atoms with E-state index in [1.807, 2.05) is 28.7 Å². The lowest BCUT2D eigenvalue weighted by molar-refractivity contribution is 0.101. The number of nitrogen functional groups attached to an aromatic ring is 1. The Balaban J connectivity index is 3.42. The van der Waals surface area contributed by atoms with Crippen LogP contribution in [-0.4, -0.2) is 5.78 Å². The van der Waals surface area contributed by atoms with E-state index in [0.29, 0.717) is 20.4 Å². The molecule has 0 radical (unpaired) electrons. The van der Waals surface area contributed by atoms with Crippen molar-refractivity contribution in [1.82, 2.24) is 0 Å². The van der Waals surface area contributed by atoms with Gasteiger partial charge in [0.15, 0.2) is 5.78 Å². The summed E-state index contributed by atoms with van der Waals surface area (Å²) in [6, 6.07) is 5.15. The van der Waals surface area contributed by atoms with Crippen LogP contribution in [0, 0.1) is 14.9 Å². The molecular weight excluding hydrogens is 279 g/mol. The fourth-order valence-corrected chi connectivity index (χ4v) is 1.81. The van der Waals surface area contributed by atoms with Gasteiger partial charge >= 0.3 is 0 Å². The molecular formula is C9H7IN2O. The molecule has 0 saturated carbocycles. The second kappa shape index (κ2) is 3.75. The molecule has 0 saturated heterocycles. The van der Waals surface area contributed by atoms with E-state index in [2.05, 4.69) is 0 Å². The number of nitriles is 1. The average molecular weight is 286 g/mol. The van der Waals surface area contributed by atoms with E-state index >= 15 is 0 Å². The largest absolute Gasteiger partial charge is 0.397 e. The number of nitrogens with zero attached hydrogens (tertiary/aromatic N) is 1.